The summed E-state index contributed by atoms with van der Waals surface area (Å²) in [7, 11) is 0. The Kier molecular flexibility index (Phi) is 7.13. The van der Waals surface area contributed by atoms with E-state index in [1.54, 1.807) is 36.4 Å². The molecule has 0 saturated carbocycles. The summed E-state index contributed by atoms with van der Waals surface area (Å²) in [6, 6.07) is 19.4. The first-order valence-electron chi connectivity index (χ1n) is 10.0. The van der Waals surface area contributed by atoms with Crippen LogP contribution in [0.1, 0.15) is 16.7 Å². The number of hydrogen-bond acceptors (Lipinski definition) is 2. The van der Waals surface area contributed by atoms with E-state index in [0.717, 1.165) is 16.7 Å². The van der Waals surface area contributed by atoms with Gasteiger partial charge in [0.15, 0.2) is 5.78 Å². The van der Waals surface area contributed by atoms with Crippen LogP contribution >= 0.6 is 31.9 Å². The number of rotatable bonds is 4. The van der Waals surface area contributed by atoms with Crippen LogP contribution in [0.2, 0.25) is 0 Å². The molecule has 1 saturated heterocycles. The van der Waals surface area contributed by atoms with Crippen molar-refractivity contribution in [3.8, 4) is 0 Å². The summed E-state index contributed by atoms with van der Waals surface area (Å²) in [5, 5.41) is 0. The second-order valence-electron chi connectivity index (χ2n) is 7.65. The highest BCUT2D eigenvalue weighted by Crippen LogP contribution is 2.26. The highest BCUT2D eigenvalue weighted by atomic mass is 79.9. The van der Waals surface area contributed by atoms with Crippen LogP contribution in [0.4, 0.5) is 8.78 Å². The topological polar surface area (TPSA) is 20.3 Å². The van der Waals surface area contributed by atoms with Crippen LogP contribution < -0.4 is 0 Å². The molecule has 32 heavy (non-hydrogen) atoms. The minimum atomic E-state index is -0.352. The van der Waals surface area contributed by atoms with Crippen molar-refractivity contribution in [2.45, 2.75) is 6.54 Å². The van der Waals surface area contributed by atoms with E-state index in [1.165, 1.54) is 12.1 Å². The van der Waals surface area contributed by atoms with Gasteiger partial charge in [-0.2, -0.15) is 0 Å². The minimum Gasteiger partial charge on any atom is -0.290 e. The molecule has 1 aliphatic heterocycles. The van der Waals surface area contributed by atoms with E-state index >= 15 is 0 Å². The van der Waals surface area contributed by atoms with Crippen LogP contribution in [0.25, 0.3) is 12.2 Å². The van der Waals surface area contributed by atoms with Crippen LogP contribution in [0, 0.1) is 11.6 Å². The molecule has 4 rings (SSSR count). The highest BCUT2D eigenvalue weighted by Gasteiger charge is 2.26. The molecule has 0 unspecified atom stereocenters. The number of halogens is 4. The van der Waals surface area contributed by atoms with E-state index in [4.69, 9.17) is 0 Å². The fraction of sp³-hybridized carbons (Fsp3) is 0.115. The number of piperidine rings is 1. The van der Waals surface area contributed by atoms with Gasteiger partial charge in [0.05, 0.1) is 8.95 Å². The van der Waals surface area contributed by atoms with E-state index in [2.05, 4.69) is 48.9 Å². The summed E-state index contributed by atoms with van der Waals surface area (Å²) in [5.41, 5.74) is 3.88. The van der Waals surface area contributed by atoms with E-state index in [-0.39, 0.29) is 17.4 Å². The zero-order valence-corrected chi connectivity index (χ0v) is 20.2. The second-order valence-corrected chi connectivity index (χ2v) is 9.35. The largest absolute Gasteiger partial charge is 0.290 e. The highest BCUT2D eigenvalue weighted by molar-refractivity contribution is 9.10. The second kappa shape index (κ2) is 10.0. The molecule has 1 fully saturated rings. The molecular formula is C26H19Br2F2NO. The third-order valence-corrected chi connectivity index (χ3v) is 6.40. The number of carbonyl (C=O) groups is 1. The lowest BCUT2D eigenvalue weighted by Crippen LogP contribution is -2.37. The van der Waals surface area contributed by atoms with Gasteiger partial charge in [-0.1, -0.05) is 42.5 Å². The van der Waals surface area contributed by atoms with E-state index in [1.807, 2.05) is 18.2 Å². The maximum absolute atomic E-state index is 13.6. The van der Waals surface area contributed by atoms with E-state index in [0.29, 0.717) is 39.7 Å². The standard InChI is InChI=1S/C26H19Br2F2NO/c27-22-12-18(6-8-24(22)29)10-20-15-31(14-17-4-2-1-3-5-17)16-21(26(20)32)11-19-7-9-25(30)23(28)13-19/h1-13H,14-16H2. The third kappa shape index (κ3) is 5.49. The average molecular weight is 559 g/mol. The van der Waals surface area contributed by atoms with Gasteiger partial charge in [-0.05, 0) is 85.0 Å². The lowest BCUT2D eigenvalue weighted by Gasteiger charge is -2.30. The maximum atomic E-state index is 13.6. The molecular weight excluding hydrogens is 540 g/mol. The van der Waals surface area contributed by atoms with Gasteiger partial charge in [0.2, 0.25) is 0 Å². The van der Waals surface area contributed by atoms with Gasteiger partial charge in [0.1, 0.15) is 11.6 Å². The van der Waals surface area contributed by atoms with Gasteiger partial charge in [0, 0.05) is 30.8 Å². The number of ketones is 1. The Bertz CT molecular complexity index is 1150. The zero-order valence-electron chi connectivity index (χ0n) is 17.0. The molecule has 2 nitrogen and oxygen atoms in total. The number of Topliss-reactive ketones (excluding diaryl/α,β-unsaturated/α-hetero) is 1. The molecule has 1 aliphatic rings. The van der Waals surface area contributed by atoms with Crippen LogP contribution in [-0.2, 0) is 11.3 Å². The van der Waals surface area contributed by atoms with E-state index in [9.17, 15) is 13.6 Å². The fourth-order valence-corrected chi connectivity index (χ4v) is 4.46. The molecule has 0 bridgehead atoms. The summed E-state index contributed by atoms with van der Waals surface area (Å²) in [6.07, 6.45) is 3.61. The quantitative estimate of drug-likeness (QED) is 0.320. The monoisotopic (exact) mass is 557 g/mol. The molecule has 0 amide bonds. The summed E-state index contributed by atoms with van der Waals surface area (Å²) >= 11 is 6.41. The number of carbonyl (C=O) groups excluding carboxylic acids is 1. The summed E-state index contributed by atoms with van der Waals surface area (Å²) in [5.74, 6) is -0.763. The first-order valence-corrected chi connectivity index (χ1v) is 11.6. The van der Waals surface area contributed by atoms with Crippen molar-refractivity contribution in [1.29, 1.82) is 0 Å². The summed E-state index contributed by atoms with van der Waals surface area (Å²) in [4.78, 5) is 15.5. The first-order chi connectivity index (χ1) is 15.4. The molecule has 0 radical (unpaired) electrons. The van der Waals surface area contributed by atoms with E-state index < -0.39 is 0 Å². The zero-order chi connectivity index (χ0) is 22.7. The van der Waals surface area contributed by atoms with Crippen LogP contribution in [0.5, 0.6) is 0 Å². The SMILES string of the molecule is O=C1C(=Cc2ccc(F)c(Br)c2)CN(Cc2ccccc2)CC1=Cc1ccc(F)c(Br)c1. The van der Waals surface area contributed by atoms with Crippen LogP contribution in [0.3, 0.4) is 0 Å². The molecule has 0 N–H and O–H groups in total. The average Bonchev–Trinajstić information content (AvgIpc) is 2.77. The lowest BCUT2D eigenvalue weighted by atomic mass is 9.94. The van der Waals surface area contributed by atoms with Crippen molar-refractivity contribution in [3.05, 3.63) is 115 Å². The Hall–Kier alpha value is -2.41. The van der Waals surface area contributed by atoms with Gasteiger partial charge in [0.25, 0.3) is 0 Å². The number of nitrogens with zero attached hydrogens (tertiary/aromatic N) is 1. The van der Waals surface area contributed by atoms with Gasteiger partial charge in [-0.25, -0.2) is 8.78 Å². The Balaban J connectivity index is 1.70. The van der Waals surface area contributed by atoms with Crippen molar-refractivity contribution in [1.82, 2.24) is 4.90 Å². The number of hydrogen-bond donors (Lipinski definition) is 0. The van der Waals surface area contributed by atoms with Crippen molar-refractivity contribution in [2.75, 3.05) is 13.1 Å². The van der Waals surface area contributed by atoms with Gasteiger partial charge < -0.3 is 0 Å². The number of benzene rings is 3. The van der Waals surface area contributed by atoms with Gasteiger partial charge in [-0.3, -0.25) is 9.69 Å². The van der Waals surface area contributed by atoms with Crippen LogP contribution in [-0.4, -0.2) is 23.8 Å². The molecule has 0 atom stereocenters. The Morgan fingerprint density at radius 1 is 0.781 bits per heavy atom. The molecule has 0 spiro atoms. The lowest BCUT2D eigenvalue weighted by molar-refractivity contribution is -0.113. The normalized spacial score (nSPS) is 17.3. The molecule has 3 aromatic rings. The Morgan fingerprint density at radius 3 is 1.75 bits per heavy atom. The van der Waals surface area contributed by atoms with Gasteiger partial charge >= 0.3 is 0 Å². The Morgan fingerprint density at radius 2 is 1.28 bits per heavy atom. The fourth-order valence-electron chi connectivity index (χ4n) is 3.67. The summed E-state index contributed by atoms with van der Waals surface area (Å²) in [6.45, 7) is 1.64. The predicted molar refractivity (Wildman–Crippen MR) is 131 cm³/mol. The molecule has 0 aliphatic carbocycles. The maximum Gasteiger partial charge on any atom is 0.187 e. The Labute approximate surface area is 202 Å². The minimum absolute atomic E-state index is 0.0600. The van der Waals surface area contributed by atoms with Gasteiger partial charge in [-0.15, -0.1) is 0 Å². The smallest absolute Gasteiger partial charge is 0.187 e. The van der Waals surface area contributed by atoms with Crippen molar-refractivity contribution < 1.29 is 13.6 Å². The molecule has 3 aromatic carbocycles. The third-order valence-electron chi connectivity index (χ3n) is 5.19. The van der Waals surface area contributed by atoms with Crippen molar-refractivity contribution in [3.63, 3.8) is 0 Å². The molecule has 1 heterocycles. The first kappa shape index (κ1) is 22.8. The molecule has 6 heteroatoms. The number of likely N-dealkylation sites (tertiary alicyclic amines) is 1. The van der Waals surface area contributed by atoms with Crippen molar-refractivity contribution in [2.24, 2.45) is 0 Å². The molecule has 162 valence electrons. The van der Waals surface area contributed by atoms with Crippen LogP contribution in [0.15, 0.2) is 86.8 Å². The predicted octanol–water partition coefficient (Wildman–Crippen LogP) is 7.04. The summed E-state index contributed by atoms with van der Waals surface area (Å²) < 4.78 is 28.0. The van der Waals surface area contributed by atoms with Crippen molar-refractivity contribution >= 4 is 49.8 Å². The molecule has 0 aromatic heterocycles.